The molecule has 1 heterocycles. The topological polar surface area (TPSA) is 21.3 Å². The van der Waals surface area contributed by atoms with Crippen molar-refractivity contribution in [1.29, 1.82) is 0 Å². The van der Waals surface area contributed by atoms with Crippen molar-refractivity contribution in [2.24, 2.45) is 5.92 Å². The van der Waals surface area contributed by atoms with Gasteiger partial charge in [0.05, 0.1) is 7.11 Å². The lowest BCUT2D eigenvalue weighted by Crippen LogP contribution is -2.18. The number of nitrogens with one attached hydrogen (secondary N) is 1. The molecule has 1 fully saturated rings. The van der Waals surface area contributed by atoms with Crippen molar-refractivity contribution in [3.05, 3.63) is 65.7 Å². The molecule has 0 spiro atoms. The molecular formula is C23H31NO. The monoisotopic (exact) mass is 337 g/mol. The van der Waals surface area contributed by atoms with Gasteiger partial charge in [-0.2, -0.15) is 0 Å². The summed E-state index contributed by atoms with van der Waals surface area (Å²) >= 11 is 0. The first-order chi connectivity index (χ1) is 12.3. The molecule has 2 nitrogen and oxygen atoms in total. The lowest BCUT2D eigenvalue weighted by molar-refractivity contribution is 0.381. The van der Waals surface area contributed by atoms with E-state index in [1.165, 1.54) is 43.2 Å². The van der Waals surface area contributed by atoms with E-state index in [0.29, 0.717) is 17.9 Å². The number of rotatable bonds is 8. The van der Waals surface area contributed by atoms with Crippen LogP contribution >= 0.6 is 0 Å². The number of ether oxygens (including phenoxy) is 1. The summed E-state index contributed by atoms with van der Waals surface area (Å²) in [5, 5.41) is 3.81. The summed E-state index contributed by atoms with van der Waals surface area (Å²) in [7, 11) is 1.73. The average Bonchev–Trinajstić information content (AvgIpc) is 3.10. The minimum atomic E-state index is 0.468. The van der Waals surface area contributed by atoms with Crippen molar-refractivity contribution in [3.8, 4) is 5.75 Å². The van der Waals surface area contributed by atoms with Crippen LogP contribution in [0, 0.1) is 5.92 Å². The second kappa shape index (κ2) is 9.05. The van der Waals surface area contributed by atoms with Crippen molar-refractivity contribution >= 4 is 0 Å². The van der Waals surface area contributed by atoms with Gasteiger partial charge in [-0.25, -0.2) is 0 Å². The highest BCUT2D eigenvalue weighted by atomic mass is 16.5. The molecule has 3 atom stereocenters. The Morgan fingerprint density at radius 1 is 0.920 bits per heavy atom. The summed E-state index contributed by atoms with van der Waals surface area (Å²) in [6.45, 7) is 3.34. The molecule has 1 aliphatic rings. The first-order valence-corrected chi connectivity index (χ1v) is 9.75. The average molecular weight is 338 g/mol. The number of unbranched alkanes of at least 4 members (excludes halogenated alkanes) is 3. The predicted molar refractivity (Wildman–Crippen MR) is 105 cm³/mol. The first-order valence-electron chi connectivity index (χ1n) is 9.75. The normalized spacial score (nSPS) is 22.9. The summed E-state index contributed by atoms with van der Waals surface area (Å²) in [6.07, 6.45) is 6.62. The third-order valence-electron chi connectivity index (χ3n) is 5.60. The number of methoxy groups -OCH3 is 1. The van der Waals surface area contributed by atoms with E-state index in [9.17, 15) is 0 Å². The molecule has 0 bridgehead atoms. The van der Waals surface area contributed by atoms with Gasteiger partial charge in [0.15, 0.2) is 0 Å². The van der Waals surface area contributed by atoms with Gasteiger partial charge in [-0.3, -0.25) is 0 Å². The summed E-state index contributed by atoms with van der Waals surface area (Å²) < 4.78 is 5.33. The van der Waals surface area contributed by atoms with Gasteiger partial charge in [0.2, 0.25) is 0 Å². The molecule has 25 heavy (non-hydrogen) atoms. The van der Waals surface area contributed by atoms with Crippen LogP contribution < -0.4 is 10.1 Å². The van der Waals surface area contributed by atoms with Gasteiger partial charge in [-0.15, -0.1) is 0 Å². The Kier molecular flexibility index (Phi) is 6.52. The molecule has 0 amide bonds. The standard InChI is InChI=1S/C23H31NO/c1-3-4-5-9-12-21-22(18-13-15-20(25-2)16-14-18)17-24-23(21)19-10-7-6-8-11-19/h6-8,10-11,13-16,21-24H,3-5,9,12,17H2,1-2H3/t21-,22-,23-/m0/s1. The van der Waals surface area contributed by atoms with Crippen LogP contribution in [0.3, 0.4) is 0 Å². The molecule has 0 radical (unpaired) electrons. The lowest BCUT2D eigenvalue weighted by atomic mass is 9.80. The zero-order chi connectivity index (χ0) is 17.5. The van der Waals surface area contributed by atoms with Gasteiger partial charge < -0.3 is 10.1 Å². The smallest absolute Gasteiger partial charge is 0.118 e. The molecule has 1 saturated heterocycles. The summed E-state index contributed by atoms with van der Waals surface area (Å²) in [4.78, 5) is 0. The minimum absolute atomic E-state index is 0.468. The fraction of sp³-hybridized carbons (Fsp3) is 0.478. The van der Waals surface area contributed by atoms with E-state index < -0.39 is 0 Å². The van der Waals surface area contributed by atoms with Crippen molar-refractivity contribution in [3.63, 3.8) is 0 Å². The Bertz CT molecular complexity index is 622. The molecule has 134 valence electrons. The van der Waals surface area contributed by atoms with E-state index in [4.69, 9.17) is 4.74 Å². The van der Waals surface area contributed by atoms with E-state index in [-0.39, 0.29) is 0 Å². The predicted octanol–water partition coefficient (Wildman–Crippen LogP) is 5.71. The van der Waals surface area contributed by atoms with Crippen LogP contribution in [0.25, 0.3) is 0 Å². The maximum atomic E-state index is 5.33. The Balaban J connectivity index is 1.78. The second-order valence-corrected chi connectivity index (χ2v) is 7.19. The largest absolute Gasteiger partial charge is 0.497 e. The zero-order valence-electron chi connectivity index (χ0n) is 15.6. The fourth-order valence-corrected chi connectivity index (χ4v) is 4.21. The molecule has 2 aromatic rings. The molecule has 2 heteroatoms. The van der Waals surface area contributed by atoms with Gasteiger partial charge in [0, 0.05) is 18.5 Å². The Morgan fingerprint density at radius 2 is 1.68 bits per heavy atom. The Morgan fingerprint density at radius 3 is 2.36 bits per heavy atom. The van der Waals surface area contributed by atoms with E-state index in [2.05, 4.69) is 66.8 Å². The molecule has 3 rings (SSSR count). The molecule has 1 aliphatic heterocycles. The number of hydrogen-bond acceptors (Lipinski definition) is 2. The maximum Gasteiger partial charge on any atom is 0.118 e. The van der Waals surface area contributed by atoms with Crippen molar-refractivity contribution in [1.82, 2.24) is 5.32 Å². The quantitative estimate of drug-likeness (QED) is 0.623. The Hall–Kier alpha value is -1.80. The third-order valence-corrected chi connectivity index (χ3v) is 5.60. The van der Waals surface area contributed by atoms with Gasteiger partial charge >= 0.3 is 0 Å². The fourth-order valence-electron chi connectivity index (χ4n) is 4.21. The number of hydrogen-bond donors (Lipinski definition) is 1. The van der Waals surface area contributed by atoms with Crippen LogP contribution in [0.15, 0.2) is 54.6 Å². The minimum Gasteiger partial charge on any atom is -0.497 e. The maximum absolute atomic E-state index is 5.33. The first kappa shape index (κ1) is 18.0. The van der Waals surface area contributed by atoms with Crippen molar-refractivity contribution in [2.45, 2.75) is 51.0 Å². The van der Waals surface area contributed by atoms with Crippen molar-refractivity contribution < 1.29 is 4.74 Å². The van der Waals surface area contributed by atoms with Crippen LogP contribution in [0.4, 0.5) is 0 Å². The summed E-state index contributed by atoms with van der Waals surface area (Å²) in [5.41, 5.74) is 2.87. The molecule has 2 aromatic carbocycles. The molecule has 0 aromatic heterocycles. The molecular weight excluding hydrogens is 306 g/mol. The van der Waals surface area contributed by atoms with Gasteiger partial charge in [-0.05, 0) is 35.6 Å². The van der Waals surface area contributed by atoms with Crippen LogP contribution in [0.1, 0.15) is 62.1 Å². The molecule has 0 aliphatic carbocycles. The van der Waals surface area contributed by atoms with E-state index in [1.54, 1.807) is 7.11 Å². The third kappa shape index (κ3) is 4.43. The van der Waals surface area contributed by atoms with Crippen LogP contribution in [0.5, 0.6) is 5.75 Å². The van der Waals surface area contributed by atoms with Crippen LogP contribution in [-0.2, 0) is 0 Å². The molecule has 0 unspecified atom stereocenters. The van der Waals surface area contributed by atoms with Crippen LogP contribution in [-0.4, -0.2) is 13.7 Å². The van der Waals surface area contributed by atoms with E-state index in [0.717, 1.165) is 12.3 Å². The second-order valence-electron chi connectivity index (χ2n) is 7.19. The highest BCUT2D eigenvalue weighted by Gasteiger charge is 2.36. The highest BCUT2D eigenvalue weighted by Crippen LogP contribution is 2.42. The Labute approximate surface area is 152 Å². The SMILES string of the molecule is CCCCCC[C@H]1[C@H](c2ccc(OC)cc2)CN[C@H]1c1ccccc1. The number of benzene rings is 2. The lowest BCUT2D eigenvalue weighted by Gasteiger charge is -2.25. The van der Waals surface area contributed by atoms with Gasteiger partial charge in [-0.1, -0.05) is 75.1 Å². The zero-order valence-corrected chi connectivity index (χ0v) is 15.6. The van der Waals surface area contributed by atoms with Crippen LogP contribution in [0.2, 0.25) is 0 Å². The van der Waals surface area contributed by atoms with Gasteiger partial charge in [0.1, 0.15) is 5.75 Å². The summed E-state index contributed by atoms with van der Waals surface area (Å²) in [6, 6.07) is 20.1. The molecule has 0 saturated carbocycles. The highest BCUT2D eigenvalue weighted by molar-refractivity contribution is 5.32. The van der Waals surface area contributed by atoms with E-state index in [1.807, 2.05) is 0 Å². The molecule has 1 N–H and O–H groups in total. The summed E-state index contributed by atoms with van der Waals surface area (Å²) in [5.74, 6) is 2.18. The van der Waals surface area contributed by atoms with Crippen molar-refractivity contribution in [2.75, 3.05) is 13.7 Å². The van der Waals surface area contributed by atoms with E-state index >= 15 is 0 Å². The van der Waals surface area contributed by atoms with Gasteiger partial charge in [0.25, 0.3) is 0 Å².